The molecule has 2 atom stereocenters. The quantitative estimate of drug-likeness (QED) is 0.422. The SMILES string of the molecule is COC(=O)CCN1C(=S)N[C@H](c2ccccn2)[C@H]1c1cccn1-c1cccc(C(F)(F)F)c1. The fourth-order valence-electron chi connectivity index (χ4n) is 3.98. The first-order chi connectivity index (χ1) is 15.8. The first-order valence-corrected chi connectivity index (χ1v) is 10.6. The van der Waals surface area contributed by atoms with Crippen LogP contribution in [0.4, 0.5) is 13.2 Å². The number of halogens is 3. The monoisotopic (exact) mass is 474 g/mol. The Bertz CT molecular complexity index is 1150. The molecular formula is C23H21F3N4O2S. The summed E-state index contributed by atoms with van der Waals surface area (Å²) in [5, 5.41) is 3.69. The van der Waals surface area contributed by atoms with Gasteiger partial charge in [0, 0.05) is 30.3 Å². The largest absolute Gasteiger partial charge is 0.469 e. The molecule has 4 rings (SSSR count). The number of pyridine rings is 1. The summed E-state index contributed by atoms with van der Waals surface area (Å²) in [6.07, 6.45) is -0.975. The molecule has 3 heterocycles. The summed E-state index contributed by atoms with van der Waals surface area (Å²) >= 11 is 5.56. The Balaban J connectivity index is 1.78. The predicted octanol–water partition coefficient (Wildman–Crippen LogP) is 4.43. The molecule has 0 bridgehead atoms. The summed E-state index contributed by atoms with van der Waals surface area (Å²) in [5.74, 6) is -0.383. The Labute approximate surface area is 194 Å². The van der Waals surface area contributed by atoms with E-state index >= 15 is 0 Å². The highest BCUT2D eigenvalue weighted by Crippen LogP contribution is 2.40. The minimum atomic E-state index is -4.46. The van der Waals surface area contributed by atoms with Crippen molar-refractivity contribution >= 4 is 23.3 Å². The molecule has 1 aromatic carbocycles. The lowest BCUT2D eigenvalue weighted by molar-refractivity contribution is -0.141. The minimum absolute atomic E-state index is 0.105. The van der Waals surface area contributed by atoms with E-state index in [1.165, 1.54) is 13.2 Å². The molecule has 6 nitrogen and oxygen atoms in total. The molecule has 172 valence electrons. The molecule has 0 spiro atoms. The summed E-state index contributed by atoms with van der Waals surface area (Å²) in [4.78, 5) is 18.1. The van der Waals surface area contributed by atoms with Crippen molar-refractivity contribution in [1.82, 2.24) is 19.8 Å². The summed E-state index contributed by atoms with van der Waals surface area (Å²) in [7, 11) is 1.32. The number of hydrogen-bond acceptors (Lipinski definition) is 4. The number of thiocarbonyl (C=S) groups is 1. The van der Waals surface area contributed by atoms with Gasteiger partial charge in [-0.15, -0.1) is 0 Å². The van der Waals surface area contributed by atoms with E-state index in [0.29, 0.717) is 16.5 Å². The average Bonchev–Trinajstić information content (AvgIpc) is 3.41. The van der Waals surface area contributed by atoms with Crippen LogP contribution in [-0.2, 0) is 15.7 Å². The molecule has 33 heavy (non-hydrogen) atoms. The number of benzene rings is 1. The van der Waals surface area contributed by atoms with E-state index in [1.807, 2.05) is 23.1 Å². The fourth-order valence-corrected chi connectivity index (χ4v) is 4.32. The molecule has 10 heteroatoms. The zero-order valence-electron chi connectivity index (χ0n) is 17.6. The Morgan fingerprint density at radius 1 is 1.18 bits per heavy atom. The maximum absolute atomic E-state index is 13.3. The highest BCUT2D eigenvalue weighted by atomic mass is 32.1. The highest BCUT2D eigenvalue weighted by molar-refractivity contribution is 7.80. The zero-order chi connectivity index (χ0) is 23.6. The number of nitrogens with one attached hydrogen (secondary N) is 1. The molecule has 0 amide bonds. The third kappa shape index (κ3) is 4.70. The van der Waals surface area contributed by atoms with Crippen molar-refractivity contribution in [3.63, 3.8) is 0 Å². The molecule has 2 aromatic heterocycles. The lowest BCUT2D eigenvalue weighted by atomic mass is 10.0. The molecule has 0 unspecified atom stereocenters. The van der Waals surface area contributed by atoms with Crippen molar-refractivity contribution in [3.05, 3.63) is 83.9 Å². The summed E-state index contributed by atoms with van der Waals surface area (Å²) in [5.41, 5.74) is 1.07. The van der Waals surface area contributed by atoms with Crippen LogP contribution in [0.5, 0.6) is 0 Å². The number of rotatable bonds is 6. The van der Waals surface area contributed by atoms with Crippen molar-refractivity contribution in [2.75, 3.05) is 13.7 Å². The van der Waals surface area contributed by atoms with Crippen LogP contribution in [0.25, 0.3) is 5.69 Å². The standard InChI is InChI=1S/C23H21F3N4O2S/c1-32-19(31)10-13-30-21(20(28-22(30)33)17-8-2-3-11-27-17)18-9-5-12-29(18)16-7-4-6-15(14-16)23(24,25)26/h2-9,11-12,14,20-21H,10,13H2,1H3,(H,28,33)/t20-,21-/m1/s1. The second-order valence-corrected chi connectivity index (χ2v) is 7.88. The molecule has 0 radical (unpaired) electrons. The van der Waals surface area contributed by atoms with Gasteiger partial charge in [-0.3, -0.25) is 9.78 Å². The maximum atomic E-state index is 13.3. The van der Waals surface area contributed by atoms with Gasteiger partial charge in [-0.25, -0.2) is 0 Å². The number of carbonyl (C=O) groups is 1. The Kier molecular flexibility index (Phi) is 6.37. The van der Waals surface area contributed by atoms with Gasteiger partial charge in [0.1, 0.15) is 0 Å². The Morgan fingerprint density at radius 2 is 2.00 bits per heavy atom. The van der Waals surface area contributed by atoms with Crippen molar-refractivity contribution in [1.29, 1.82) is 0 Å². The van der Waals surface area contributed by atoms with Crippen LogP contribution in [0.3, 0.4) is 0 Å². The molecule has 0 saturated carbocycles. The van der Waals surface area contributed by atoms with Crippen LogP contribution in [0.1, 0.15) is 35.5 Å². The number of methoxy groups -OCH3 is 1. The van der Waals surface area contributed by atoms with E-state index in [9.17, 15) is 18.0 Å². The number of alkyl halides is 3. The van der Waals surface area contributed by atoms with Gasteiger partial charge in [-0.05, 0) is 54.7 Å². The van der Waals surface area contributed by atoms with E-state index in [-0.39, 0.29) is 25.0 Å². The molecule has 1 aliphatic heterocycles. The summed E-state index contributed by atoms with van der Waals surface area (Å²) in [6, 6.07) is 13.5. The van der Waals surface area contributed by atoms with Gasteiger partial charge in [0.25, 0.3) is 0 Å². The normalized spacial score (nSPS) is 18.3. The van der Waals surface area contributed by atoms with Gasteiger partial charge in [0.2, 0.25) is 0 Å². The van der Waals surface area contributed by atoms with Gasteiger partial charge in [-0.2, -0.15) is 13.2 Å². The average molecular weight is 475 g/mol. The number of nitrogens with zero attached hydrogens (tertiary/aromatic N) is 3. The van der Waals surface area contributed by atoms with E-state index < -0.39 is 17.8 Å². The number of carbonyl (C=O) groups excluding carboxylic acids is 1. The first kappa shape index (κ1) is 22.8. The van der Waals surface area contributed by atoms with E-state index in [4.69, 9.17) is 17.0 Å². The number of esters is 1. The van der Waals surface area contributed by atoms with Gasteiger partial charge < -0.3 is 19.5 Å². The lowest BCUT2D eigenvalue weighted by Gasteiger charge is -2.28. The molecule has 1 saturated heterocycles. The van der Waals surface area contributed by atoms with Crippen molar-refractivity contribution in [2.24, 2.45) is 0 Å². The third-order valence-electron chi connectivity index (χ3n) is 5.52. The molecule has 1 fully saturated rings. The number of hydrogen-bond donors (Lipinski definition) is 1. The Morgan fingerprint density at radius 3 is 2.70 bits per heavy atom. The zero-order valence-corrected chi connectivity index (χ0v) is 18.4. The van der Waals surface area contributed by atoms with Gasteiger partial charge in [-0.1, -0.05) is 12.1 Å². The van der Waals surface area contributed by atoms with Crippen LogP contribution in [0.2, 0.25) is 0 Å². The van der Waals surface area contributed by atoms with Crippen LogP contribution in [0, 0.1) is 0 Å². The summed E-state index contributed by atoms with van der Waals surface area (Å²) < 4.78 is 46.4. The molecule has 1 N–H and O–H groups in total. The lowest BCUT2D eigenvalue weighted by Crippen LogP contribution is -2.32. The van der Waals surface area contributed by atoms with Crippen molar-refractivity contribution < 1.29 is 22.7 Å². The number of aromatic nitrogens is 2. The predicted molar refractivity (Wildman–Crippen MR) is 120 cm³/mol. The minimum Gasteiger partial charge on any atom is -0.469 e. The van der Waals surface area contributed by atoms with E-state index in [2.05, 4.69) is 10.3 Å². The van der Waals surface area contributed by atoms with Gasteiger partial charge in [0.05, 0.1) is 36.9 Å². The topological polar surface area (TPSA) is 59.4 Å². The highest BCUT2D eigenvalue weighted by Gasteiger charge is 2.41. The second-order valence-electron chi connectivity index (χ2n) is 7.50. The van der Waals surface area contributed by atoms with Crippen LogP contribution in [0.15, 0.2) is 67.0 Å². The van der Waals surface area contributed by atoms with Crippen LogP contribution < -0.4 is 5.32 Å². The molecule has 1 aliphatic rings. The van der Waals surface area contributed by atoms with Crippen molar-refractivity contribution in [3.8, 4) is 5.69 Å². The fraction of sp³-hybridized carbons (Fsp3) is 0.261. The van der Waals surface area contributed by atoms with Crippen LogP contribution in [-0.4, -0.2) is 39.2 Å². The van der Waals surface area contributed by atoms with E-state index in [1.54, 1.807) is 35.2 Å². The molecule has 0 aliphatic carbocycles. The van der Waals surface area contributed by atoms with E-state index in [0.717, 1.165) is 17.8 Å². The maximum Gasteiger partial charge on any atom is 0.416 e. The number of ether oxygens (including phenoxy) is 1. The first-order valence-electron chi connectivity index (χ1n) is 10.2. The molecular weight excluding hydrogens is 453 g/mol. The van der Waals surface area contributed by atoms with Gasteiger partial charge in [0.15, 0.2) is 5.11 Å². The Hall–Kier alpha value is -3.40. The van der Waals surface area contributed by atoms with Gasteiger partial charge >= 0.3 is 12.1 Å². The molecule has 3 aromatic rings. The second kappa shape index (κ2) is 9.22. The third-order valence-corrected chi connectivity index (χ3v) is 5.87. The van der Waals surface area contributed by atoms with Crippen LogP contribution >= 0.6 is 12.2 Å². The van der Waals surface area contributed by atoms with Crippen molar-refractivity contribution in [2.45, 2.75) is 24.7 Å². The summed E-state index contributed by atoms with van der Waals surface area (Å²) in [6.45, 7) is 0.278. The smallest absolute Gasteiger partial charge is 0.416 e.